The molecule has 0 aliphatic carbocycles. The first-order valence-corrected chi connectivity index (χ1v) is 17.2. The van der Waals surface area contributed by atoms with Crippen LogP contribution >= 0.6 is 15.4 Å². The van der Waals surface area contributed by atoms with Gasteiger partial charge in [0.25, 0.3) is 5.56 Å². The lowest BCUT2D eigenvalue weighted by Gasteiger charge is -2.30. The topological polar surface area (TPSA) is 293 Å². The van der Waals surface area contributed by atoms with Crippen LogP contribution in [-0.4, -0.2) is 118 Å². The predicted octanol–water partition coefficient (Wildman–Crippen LogP) is -0.919. The summed E-state index contributed by atoms with van der Waals surface area (Å²) in [6.07, 6.45) is -8.92. The van der Waals surface area contributed by atoms with Crippen LogP contribution in [0.2, 0.25) is 0 Å². The maximum Gasteiger partial charge on any atom is 0.475 e. The first-order chi connectivity index (χ1) is 22.4. The molecule has 0 bridgehead atoms. The number of hydrogen-bond donors (Lipinski definition) is 5. The highest BCUT2D eigenvalue weighted by atomic mass is 31.2. The molecule has 3 aliphatic heterocycles. The smallest absolute Gasteiger partial charge is 0.386 e. The quantitative estimate of drug-likeness (QED) is 0.161. The Hall–Kier alpha value is -3.24. The molecule has 0 saturated carbocycles. The lowest BCUT2D eigenvalue weighted by atomic mass is 10.1. The Morgan fingerprint density at radius 1 is 0.957 bits per heavy atom. The lowest BCUT2D eigenvalue weighted by Crippen LogP contribution is -2.39. The number of aliphatic hydroxyl groups is 3. The lowest BCUT2D eigenvalue weighted by molar-refractivity contribution is -0.0643. The average Bonchev–Trinajstić information content (AvgIpc) is 3.80. The summed E-state index contributed by atoms with van der Waals surface area (Å²) < 4.78 is 69.7. The van der Waals surface area contributed by atoms with Crippen molar-refractivity contribution < 1.29 is 56.5 Å². The van der Waals surface area contributed by atoms with Crippen LogP contribution in [-0.2, 0) is 41.2 Å². The Labute approximate surface area is 262 Å². The summed E-state index contributed by atoms with van der Waals surface area (Å²) >= 11 is 0. The van der Waals surface area contributed by atoms with Crippen molar-refractivity contribution in [2.24, 2.45) is 0 Å². The fourth-order valence-corrected chi connectivity index (χ4v) is 7.98. The predicted molar refractivity (Wildman–Crippen MR) is 153 cm³/mol. The SMILES string of the molecule is COP1(=O)OC[C@H]2O[C@@H](n3cnc4c(N)ncnc43)C(O)[C@H]2OP(=O)(CO)OC[C@H]2O[C@@H](n3cnc4c(=O)[nH]c(C)nc43)[C@@H](O)C2O1. The third-order valence-corrected chi connectivity index (χ3v) is 10.7. The van der Waals surface area contributed by atoms with Gasteiger partial charge >= 0.3 is 15.4 Å². The van der Waals surface area contributed by atoms with Gasteiger partial charge in [0.1, 0.15) is 60.6 Å². The second-order valence-corrected chi connectivity index (χ2v) is 14.5. The number of nitrogens with one attached hydrogen (secondary N) is 1. The van der Waals surface area contributed by atoms with E-state index in [1.54, 1.807) is 6.92 Å². The van der Waals surface area contributed by atoms with Crippen LogP contribution in [0.5, 0.6) is 0 Å². The van der Waals surface area contributed by atoms with E-state index in [1.807, 2.05) is 0 Å². The van der Waals surface area contributed by atoms with Gasteiger partial charge in [0.15, 0.2) is 35.1 Å². The van der Waals surface area contributed by atoms with Crippen molar-refractivity contribution in [3.05, 3.63) is 35.2 Å². The van der Waals surface area contributed by atoms with E-state index >= 15 is 0 Å². The normalized spacial score (nSPS) is 36.6. The monoisotopic (exact) mass is 701 g/mol. The van der Waals surface area contributed by atoms with Crippen LogP contribution < -0.4 is 11.3 Å². The number of rotatable bonds is 4. The standard InChI is InChI=1S/C23H29N9O13P2/c1-9-29-20-13(21(36)30-9)28-7-32(20)23-15(35)17-10(42-23)3-40-46(37,8-33)44-16-11(4-41-47(38,39-2)45-17)43-22(14(16)34)31-6-27-12-18(24)25-5-26-19(12)31/h5-7,10-11,14-17,22-23,33-35H,3-4,8H2,1-2H3,(H2,24,25,26)(H,29,30,36)/t10-,11-,14?,15+,16+,17?,22-,23-,46?,47?/m1/s1. The van der Waals surface area contributed by atoms with Crippen LogP contribution in [0.3, 0.4) is 0 Å². The van der Waals surface area contributed by atoms with E-state index in [4.69, 9.17) is 37.8 Å². The fraction of sp³-hybridized carbons (Fsp3) is 0.565. The van der Waals surface area contributed by atoms with Crippen molar-refractivity contribution in [3.63, 3.8) is 0 Å². The molecule has 7 rings (SSSR count). The number of imidazole rings is 2. The highest BCUT2D eigenvalue weighted by Gasteiger charge is 2.54. The number of phosphoric acid groups is 1. The molecule has 0 amide bonds. The maximum atomic E-state index is 13.7. The molecule has 254 valence electrons. The third-order valence-electron chi connectivity index (χ3n) is 7.87. The van der Waals surface area contributed by atoms with Crippen molar-refractivity contribution in [1.29, 1.82) is 0 Å². The molecular weight excluding hydrogens is 672 g/mol. The van der Waals surface area contributed by atoms with Crippen LogP contribution in [0.25, 0.3) is 22.3 Å². The largest absolute Gasteiger partial charge is 0.475 e. The van der Waals surface area contributed by atoms with Gasteiger partial charge in [-0.2, -0.15) is 0 Å². The summed E-state index contributed by atoms with van der Waals surface area (Å²) in [7, 11) is -7.95. The van der Waals surface area contributed by atoms with Crippen LogP contribution in [0.15, 0.2) is 23.8 Å². The number of aromatic nitrogens is 8. The Morgan fingerprint density at radius 3 is 2.23 bits per heavy atom. The molecule has 3 aliphatic rings. The van der Waals surface area contributed by atoms with Gasteiger partial charge in [-0.15, -0.1) is 0 Å². The molecule has 3 fully saturated rings. The van der Waals surface area contributed by atoms with Gasteiger partial charge in [-0.1, -0.05) is 0 Å². The Bertz CT molecular complexity index is 1970. The van der Waals surface area contributed by atoms with Crippen molar-refractivity contribution in [2.75, 3.05) is 32.4 Å². The molecule has 4 aromatic rings. The number of phosphoric ester groups is 1. The van der Waals surface area contributed by atoms with Crippen molar-refractivity contribution in [2.45, 2.75) is 56.0 Å². The van der Waals surface area contributed by atoms with Gasteiger partial charge in [0.05, 0.1) is 25.9 Å². The second kappa shape index (κ2) is 12.0. The highest BCUT2D eigenvalue weighted by Crippen LogP contribution is 2.56. The molecule has 3 saturated heterocycles. The molecule has 24 heteroatoms. The van der Waals surface area contributed by atoms with E-state index in [0.29, 0.717) is 0 Å². The van der Waals surface area contributed by atoms with E-state index in [0.717, 1.165) is 7.11 Å². The van der Waals surface area contributed by atoms with Crippen molar-refractivity contribution in [1.82, 2.24) is 39.0 Å². The molecule has 7 heterocycles. The molecule has 47 heavy (non-hydrogen) atoms. The first kappa shape index (κ1) is 32.3. The molecule has 6 N–H and O–H groups in total. The number of H-pyrrole nitrogens is 1. The molecule has 4 unspecified atom stereocenters. The summed E-state index contributed by atoms with van der Waals surface area (Å²) in [6, 6.07) is 0. The van der Waals surface area contributed by atoms with Gasteiger partial charge in [-0.05, 0) is 6.92 Å². The van der Waals surface area contributed by atoms with Gasteiger partial charge < -0.3 is 40.0 Å². The first-order valence-electron chi connectivity index (χ1n) is 14.0. The van der Waals surface area contributed by atoms with E-state index < -0.39 is 89.6 Å². The zero-order chi connectivity index (χ0) is 33.2. The van der Waals surface area contributed by atoms with Crippen LogP contribution in [0, 0.1) is 6.92 Å². The van der Waals surface area contributed by atoms with Crippen molar-refractivity contribution >= 4 is 43.6 Å². The summed E-state index contributed by atoms with van der Waals surface area (Å²) in [5, 5.41) is 32.8. The highest BCUT2D eigenvalue weighted by molar-refractivity contribution is 7.53. The number of ether oxygens (including phenoxy) is 2. The number of nitrogen functional groups attached to an aromatic ring is 1. The summed E-state index contributed by atoms with van der Waals surface area (Å²) in [6.45, 7) is 0.265. The number of nitrogens with two attached hydrogens (primary N) is 1. The number of nitrogens with zero attached hydrogens (tertiary/aromatic N) is 7. The van der Waals surface area contributed by atoms with Crippen LogP contribution in [0.1, 0.15) is 18.3 Å². The third kappa shape index (κ3) is 5.59. The fourth-order valence-electron chi connectivity index (χ4n) is 5.62. The minimum absolute atomic E-state index is 0.0402. The second-order valence-electron chi connectivity index (χ2n) is 10.8. The Balaban J connectivity index is 1.20. The molecule has 22 nitrogen and oxygen atoms in total. The molecule has 4 aromatic heterocycles. The number of aliphatic hydroxyl groups excluding tert-OH is 3. The van der Waals surface area contributed by atoms with E-state index in [2.05, 4.69) is 29.9 Å². The Kier molecular flexibility index (Phi) is 8.26. The van der Waals surface area contributed by atoms with Crippen LogP contribution in [0.4, 0.5) is 5.82 Å². The minimum Gasteiger partial charge on any atom is -0.386 e. The summed E-state index contributed by atoms with van der Waals surface area (Å²) in [5.74, 6) is 0.332. The zero-order valence-electron chi connectivity index (χ0n) is 24.5. The van der Waals surface area contributed by atoms with E-state index in [-0.39, 0.29) is 34.0 Å². The molecule has 0 spiro atoms. The maximum absolute atomic E-state index is 13.7. The molecule has 10 atom stereocenters. The van der Waals surface area contributed by atoms with Gasteiger partial charge in [-0.25, -0.2) is 29.5 Å². The number of fused-ring (bicyclic) bond motifs is 4. The number of aromatic amines is 1. The Morgan fingerprint density at radius 2 is 1.57 bits per heavy atom. The minimum atomic E-state index is -4.54. The number of hydrogen-bond acceptors (Lipinski definition) is 19. The molecular formula is C23H29N9O13P2. The van der Waals surface area contributed by atoms with Gasteiger partial charge in [0.2, 0.25) is 0 Å². The molecule has 0 radical (unpaired) electrons. The molecule has 0 aromatic carbocycles. The van der Waals surface area contributed by atoms with Crippen molar-refractivity contribution in [3.8, 4) is 0 Å². The summed E-state index contributed by atoms with van der Waals surface area (Å²) in [5.41, 5.74) is 5.79. The van der Waals surface area contributed by atoms with Gasteiger partial charge in [-0.3, -0.25) is 36.6 Å². The van der Waals surface area contributed by atoms with E-state index in [9.17, 15) is 29.2 Å². The van der Waals surface area contributed by atoms with E-state index in [1.165, 1.54) is 28.1 Å². The van der Waals surface area contributed by atoms with Gasteiger partial charge in [0, 0.05) is 7.11 Å². The average molecular weight is 701 g/mol. The number of anilines is 1. The summed E-state index contributed by atoms with van der Waals surface area (Å²) in [4.78, 5) is 35.4. The number of aryl methyl sites for hydroxylation is 1. The zero-order valence-corrected chi connectivity index (χ0v) is 26.3.